The molecule has 0 N–H and O–H groups in total. The molecule has 0 aliphatic carbocycles. The Labute approximate surface area is 80.4 Å². The number of aryl methyl sites for hydroxylation is 1. The van der Waals surface area contributed by atoms with E-state index in [0.29, 0.717) is 0 Å². The summed E-state index contributed by atoms with van der Waals surface area (Å²) in [6.07, 6.45) is 2.13. The summed E-state index contributed by atoms with van der Waals surface area (Å²) < 4.78 is 2.25. The van der Waals surface area contributed by atoms with Crippen molar-refractivity contribution >= 4 is 0 Å². The number of nitrogens with zero attached hydrogens (tertiary/aromatic N) is 3. The summed E-state index contributed by atoms with van der Waals surface area (Å²) in [6.45, 7) is 9.27. The van der Waals surface area contributed by atoms with Crippen molar-refractivity contribution in [3.8, 4) is 0 Å². The lowest BCUT2D eigenvalue weighted by Crippen LogP contribution is -2.30. The third kappa shape index (κ3) is 2.31. The summed E-state index contributed by atoms with van der Waals surface area (Å²) in [5.74, 6) is 1.20. The molecule has 0 spiro atoms. The number of fused-ring (bicyclic) bond motifs is 1. The number of hydrogen-bond donors (Lipinski definition) is 0. The van der Waals surface area contributed by atoms with Gasteiger partial charge in [0.15, 0.2) is 0 Å². The predicted octanol–water partition coefficient (Wildman–Crippen LogP) is 1.66. The van der Waals surface area contributed by atoms with E-state index in [2.05, 4.69) is 27.7 Å². The molecule has 3 nitrogen and oxygen atoms in total. The van der Waals surface area contributed by atoms with Gasteiger partial charge in [0, 0.05) is 19.3 Å². The molecular weight excluding hydrogens is 162 g/mol. The Morgan fingerprint density at radius 3 is 2.69 bits per heavy atom. The van der Waals surface area contributed by atoms with Crippen LogP contribution in [0.2, 0.25) is 0 Å². The molecule has 74 valence electrons. The highest BCUT2D eigenvalue weighted by Gasteiger charge is 2.13. The molecule has 0 fully saturated rings. The molecule has 1 aromatic rings. The van der Waals surface area contributed by atoms with Crippen LogP contribution in [0.4, 0.5) is 0 Å². The highest BCUT2D eigenvalue weighted by atomic mass is 15.2. The highest BCUT2D eigenvalue weighted by Crippen LogP contribution is 2.09. The van der Waals surface area contributed by atoms with Gasteiger partial charge >= 0.3 is 0 Å². The van der Waals surface area contributed by atoms with Crippen molar-refractivity contribution in [2.75, 3.05) is 13.6 Å². The molecule has 0 atom stereocenters. The van der Waals surface area contributed by atoms with Crippen LogP contribution in [0.25, 0.3) is 0 Å². The van der Waals surface area contributed by atoms with E-state index < -0.39 is 0 Å². The fraction of sp³-hybridized carbons (Fsp3) is 0.700. The smallest absolute Gasteiger partial charge is 0.123 e. The second-order valence-corrected chi connectivity index (χ2v) is 3.23. The van der Waals surface area contributed by atoms with Gasteiger partial charge in [0.05, 0.1) is 12.2 Å². The number of hydrogen-bond acceptors (Lipinski definition) is 2. The zero-order valence-electron chi connectivity index (χ0n) is 9.04. The van der Waals surface area contributed by atoms with Crippen LogP contribution in [0.5, 0.6) is 0 Å². The zero-order valence-corrected chi connectivity index (χ0v) is 9.04. The fourth-order valence-electron chi connectivity index (χ4n) is 1.52. The lowest BCUT2D eigenvalue weighted by molar-refractivity contribution is 0.264. The number of likely N-dealkylation sites (N-methyl/N-ethyl adjacent to an activating group) is 1. The number of aromatic nitrogens is 2. The molecule has 0 radical (unpaired) electrons. The fourth-order valence-corrected chi connectivity index (χ4v) is 1.52. The summed E-state index contributed by atoms with van der Waals surface area (Å²) in [5, 5.41) is 0. The molecule has 0 aromatic carbocycles. The molecule has 2 rings (SSSR count). The first kappa shape index (κ1) is 10.3. The topological polar surface area (TPSA) is 21.1 Å². The Bertz CT molecular complexity index is 265. The molecule has 2 heterocycles. The molecule has 0 saturated heterocycles. The quantitative estimate of drug-likeness (QED) is 0.607. The summed E-state index contributed by atoms with van der Waals surface area (Å²) >= 11 is 0. The van der Waals surface area contributed by atoms with E-state index in [4.69, 9.17) is 0 Å². The maximum Gasteiger partial charge on any atom is 0.123 e. The van der Waals surface area contributed by atoms with Crippen LogP contribution in [-0.2, 0) is 13.1 Å². The van der Waals surface area contributed by atoms with E-state index in [1.807, 2.05) is 20.8 Å². The van der Waals surface area contributed by atoms with Crippen molar-refractivity contribution < 1.29 is 0 Å². The third-order valence-electron chi connectivity index (χ3n) is 2.11. The maximum atomic E-state index is 4.42. The minimum atomic E-state index is 0.994. The zero-order chi connectivity index (χ0) is 9.84. The van der Waals surface area contributed by atoms with Gasteiger partial charge in [0.2, 0.25) is 0 Å². The molecule has 1 aliphatic rings. The van der Waals surface area contributed by atoms with Crippen LogP contribution in [0.3, 0.4) is 0 Å². The van der Waals surface area contributed by atoms with Crippen molar-refractivity contribution in [3.05, 3.63) is 17.7 Å². The largest absolute Gasteiger partial charge is 0.332 e. The van der Waals surface area contributed by atoms with E-state index in [1.165, 1.54) is 5.82 Å². The Balaban J connectivity index is 0.000000396. The minimum Gasteiger partial charge on any atom is -0.332 e. The van der Waals surface area contributed by atoms with Gasteiger partial charge in [0.25, 0.3) is 0 Å². The van der Waals surface area contributed by atoms with Crippen LogP contribution < -0.4 is 0 Å². The van der Waals surface area contributed by atoms with Crippen LogP contribution in [0.1, 0.15) is 25.4 Å². The predicted molar refractivity (Wildman–Crippen MR) is 54.6 cm³/mol. The number of rotatable bonds is 0. The van der Waals surface area contributed by atoms with Gasteiger partial charge in [-0.25, -0.2) is 4.98 Å². The minimum absolute atomic E-state index is 0.994. The van der Waals surface area contributed by atoms with Crippen molar-refractivity contribution in [1.82, 2.24) is 14.5 Å². The van der Waals surface area contributed by atoms with Gasteiger partial charge in [-0.05, 0) is 14.0 Å². The maximum absolute atomic E-state index is 4.42. The summed E-state index contributed by atoms with van der Waals surface area (Å²) in [6, 6.07) is 0. The summed E-state index contributed by atoms with van der Waals surface area (Å²) in [4.78, 5) is 6.72. The molecule has 0 bridgehead atoms. The molecule has 13 heavy (non-hydrogen) atoms. The Hall–Kier alpha value is -0.830. The van der Waals surface area contributed by atoms with E-state index in [9.17, 15) is 0 Å². The van der Waals surface area contributed by atoms with Crippen LogP contribution in [-0.4, -0.2) is 28.0 Å². The van der Waals surface area contributed by atoms with Crippen molar-refractivity contribution in [2.24, 2.45) is 0 Å². The molecule has 0 amide bonds. The number of imidazole rings is 1. The first-order valence-corrected chi connectivity index (χ1v) is 4.97. The highest BCUT2D eigenvalue weighted by molar-refractivity contribution is 5.03. The normalized spacial score (nSPS) is 16.0. The molecule has 0 unspecified atom stereocenters. The average molecular weight is 181 g/mol. The van der Waals surface area contributed by atoms with Gasteiger partial charge in [-0.15, -0.1) is 0 Å². The van der Waals surface area contributed by atoms with Crippen LogP contribution in [0.15, 0.2) is 6.20 Å². The van der Waals surface area contributed by atoms with Gasteiger partial charge in [-0.3, -0.25) is 4.90 Å². The van der Waals surface area contributed by atoms with Gasteiger partial charge in [-0.2, -0.15) is 0 Å². The van der Waals surface area contributed by atoms with Crippen molar-refractivity contribution in [1.29, 1.82) is 0 Å². The monoisotopic (exact) mass is 181 g/mol. The summed E-state index contributed by atoms with van der Waals surface area (Å²) in [5.41, 5.74) is 1.13. The third-order valence-corrected chi connectivity index (χ3v) is 2.11. The van der Waals surface area contributed by atoms with Gasteiger partial charge in [0.1, 0.15) is 5.82 Å². The first-order chi connectivity index (χ1) is 6.25. The first-order valence-electron chi connectivity index (χ1n) is 4.97. The molecule has 3 heteroatoms. The second-order valence-electron chi connectivity index (χ2n) is 3.23. The Morgan fingerprint density at radius 2 is 2.00 bits per heavy atom. The van der Waals surface area contributed by atoms with Crippen LogP contribution >= 0.6 is 0 Å². The van der Waals surface area contributed by atoms with Crippen molar-refractivity contribution in [2.45, 2.75) is 33.9 Å². The standard InChI is InChI=1S/C8H13N3.C2H6/c1-7-5-11-4-3-10(2)6-8(11)9-7;1-2/h5H,3-4,6H2,1-2H3;1-2H3. The molecular formula is C10H19N3. The van der Waals surface area contributed by atoms with E-state index in [0.717, 1.165) is 25.3 Å². The van der Waals surface area contributed by atoms with Crippen molar-refractivity contribution in [3.63, 3.8) is 0 Å². The van der Waals surface area contributed by atoms with E-state index >= 15 is 0 Å². The van der Waals surface area contributed by atoms with E-state index in [-0.39, 0.29) is 0 Å². The van der Waals surface area contributed by atoms with Gasteiger partial charge in [-0.1, -0.05) is 13.8 Å². The Kier molecular flexibility index (Phi) is 3.48. The Morgan fingerprint density at radius 1 is 1.31 bits per heavy atom. The second kappa shape index (κ2) is 4.42. The molecule has 1 aromatic heterocycles. The SMILES string of the molecule is CC.Cc1cn2c(n1)CN(C)CC2. The van der Waals surface area contributed by atoms with Gasteiger partial charge < -0.3 is 4.57 Å². The molecule has 1 aliphatic heterocycles. The molecule has 0 saturated carbocycles. The average Bonchev–Trinajstić information content (AvgIpc) is 2.48. The van der Waals surface area contributed by atoms with E-state index in [1.54, 1.807) is 0 Å². The summed E-state index contributed by atoms with van der Waals surface area (Å²) in [7, 11) is 2.13. The lowest BCUT2D eigenvalue weighted by atomic mass is 10.4. The van der Waals surface area contributed by atoms with Crippen LogP contribution in [0, 0.1) is 6.92 Å². The lowest BCUT2D eigenvalue weighted by Gasteiger charge is -2.22.